The molecule has 4 nitrogen and oxygen atoms in total. The number of nitrogens with two attached hydrogens (primary N) is 1. The minimum atomic E-state index is 0.289. The van der Waals surface area contributed by atoms with Crippen LogP contribution >= 0.6 is 12.2 Å². The summed E-state index contributed by atoms with van der Waals surface area (Å²) >= 11 is 4.90. The fraction of sp³-hybridized carbons (Fsp3) is 0.455. The number of rotatable bonds is 7. The van der Waals surface area contributed by atoms with Crippen LogP contribution in [0.5, 0.6) is 5.88 Å². The van der Waals surface area contributed by atoms with Gasteiger partial charge in [-0.05, 0) is 18.6 Å². The summed E-state index contributed by atoms with van der Waals surface area (Å²) in [6.45, 7) is 3.80. The van der Waals surface area contributed by atoms with Gasteiger partial charge in [-0.1, -0.05) is 19.1 Å². The van der Waals surface area contributed by atoms with Gasteiger partial charge >= 0.3 is 0 Å². The Kier molecular flexibility index (Phi) is 5.74. The van der Waals surface area contributed by atoms with Crippen molar-refractivity contribution >= 4 is 17.2 Å². The van der Waals surface area contributed by atoms with Gasteiger partial charge in [0.25, 0.3) is 0 Å². The number of aromatic nitrogens is 1. The van der Waals surface area contributed by atoms with Crippen LogP contribution in [0, 0.1) is 0 Å². The van der Waals surface area contributed by atoms with Gasteiger partial charge in [0.1, 0.15) is 11.6 Å². The van der Waals surface area contributed by atoms with Gasteiger partial charge in [0.2, 0.25) is 5.88 Å². The zero-order valence-corrected chi connectivity index (χ0v) is 10.1. The third-order valence-electron chi connectivity index (χ3n) is 1.85. The number of thiocarbonyl (C=S) groups is 1. The van der Waals surface area contributed by atoms with Crippen LogP contribution in [-0.2, 0) is 4.74 Å². The lowest BCUT2D eigenvalue weighted by Crippen LogP contribution is -2.14. The van der Waals surface area contributed by atoms with Crippen LogP contribution in [0.1, 0.15) is 18.9 Å². The highest BCUT2D eigenvalue weighted by atomic mass is 32.1. The van der Waals surface area contributed by atoms with E-state index in [9.17, 15) is 0 Å². The smallest absolute Gasteiger partial charge is 0.223 e. The molecule has 1 aromatic rings. The molecule has 2 N–H and O–H groups in total. The maximum Gasteiger partial charge on any atom is 0.223 e. The average molecular weight is 240 g/mol. The highest BCUT2D eigenvalue weighted by Gasteiger charge is 2.06. The van der Waals surface area contributed by atoms with Crippen molar-refractivity contribution in [3.63, 3.8) is 0 Å². The van der Waals surface area contributed by atoms with Crippen molar-refractivity contribution in [1.82, 2.24) is 4.98 Å². The second kappa shape index (κ2) is 7.14. The SMILES string of the molecule is CCCOCCOc1ncccc1C(N)=S. The van der Waals surface area contributed by atoms with Gasteiger partial charge < -0.3 is 15.2 Å². The topological polar surface area (TPSA) is 57.4 Å². The first-order valence-electron chi connectivity index (χ1n) is 5.21. The van der Waals surface area contributed by atoms with E-state index in [0.717, 1.165) is 13.0 Å². The van der Waals surface area contributed by atoms with E-state index in [-0.39, 0.29) is 4.99 Å². The minimum absolute atomic E-state index is 0.289. The lowest BCUT2D eigenvalue weighted by Gasteiger charge is -2.09. The van der Waals surface area contributed by atoms with Crippen LogP contribution in [0.4, 0.5) is 0 Å². The molecule has 16 heavy (non-hydrogen) atoms. The third kappa shape index (κ3) is 4.12. The molecule has 88 valence electrons. The van der Waals surface area contributed by atoms with Gasteiger partial charge in [0, 0.05) is 12.8 Å². The molecule has 0 fully saturated rings. The summed E-state index contributed by atoms with van der Waals surface area (Å²) in [5.74, 6) is 0.468. The Morgan fingerprint density at radius 3 is 2.94 bits per heavy atom. The molecule has 0 spiro atoms. The fourth-order valence-electron chi connectivity index (χ4n) is 1.14. The number of nitrogens with zero attached hydrogens (tertiary/aromatic N) is 1. The predicted octanol–water partition coefficient (Wildman–Crippen LogP) is 1.52. The summed E-state index contributed by atoms with van der Waals surface area (Å²) in [4.78, 5) is 4.36. The van der Waals surface area contributed by atoms with Crippen molar-refractivity contribution in [3.8, 4) is 5.88 Å². The average Bonchev–Trinajstić information content (AvgIpc) is 2.29. The molecule has 0 aliphatic carbocycles. The van der Waals surface area contributed by atoms with Gasteiger partial charge in [-0.2, -0.15) is 0 Å². The summed E-state index contributed by atoms with van der Waals surface area (Å²) in [6, 6.07) is 3.56. The molecular weight excluding hydrogens is 224 g/mol. The van der Waals surface area contributed by atoms with Crippen LogP contribution in [0.2, 0.25) is 0 Å². The van der Waals surface area contributed by atoms with Gasteiger partial charge in [-0.15, -0.1) is 0 Å². The molecule has 1 heterocycles. The van der Waals surface area contributed by atoms with Crippen molar-refractivity contribution in [2.45, 2.75) is 13.3 Å². The third-order valence-corrected chi connectivity index (χ3v) is 2.07. The first-order chi connectivity index (χ1) is 7.75. The Morgan fingerprint density at radius 2 is 2.25 bits per heavy atom. The number of hydrogen-bond donors (Lipinski definition) is 1. The first-order valence-corrected chi connectivity index (χ1v) is 5.62. The first kappa shape index (κ1) is 12.9. The number of ether oxygens (including phenoxy) is 2. The molecule has 0 unspecified atom stereocenters. The van der Waals surface area contributed by atoms with Gasteiger partial charge in [0.15, 0.2) is 0 Å². The zero-order chi connectivity index (χ0) is 11.8. The summed E-state index contributed by atoms with van der Waals surface area (Å²) in [7, 11) is 0. The molecule has 0 amide bonds. The fourth-order valence-corrected chi connectivity index (χ4v) is 1.29. The Hall–Kier alpha value is -1.20. The Bertz CT molecular complexity index is 345. The highest BCUT2D eigenvalue weighted by molar-refractivity contribution is 7.80. The summed E-state index contributed by atoms with van der Waals surface area (Å²) in [5, 5.41) is 0. The Labute approximate surface area is 101 Å². The largest absolute Gasteiger partial charge is 0.475 e. The molecular formula is C11H16N2O2S. The molecule has 0 aromatic carbocycles. The molecule has 1 aromatic heterocycles. The molecule has 5 heteroatoms. The maximum atomic E-state index is 5.55. The van der Waals surface area contributed by atoms with E-state index in [1.165, 1.54) is 0 Å². The maximum absolute atomic E-state index is 5.55. The number of pyridine rings is 1. The molecule has 0 atom stereocenters. The van der Waals surface area contributed by atoms with Crippen LogP contribution in [-0.4, -0.2) is 29.8 Å². The number of hydrogen-bond acceptors (Lipinski definition) is 4. The van der Waals surface area contributed by atoms with E-state index in [1.54, 1.807) is 18.3 Å². The van der Waals surface area contributed by atoms with Crippen LogP contribution in [0.25, 0.3) is 0 Å². The predicted molar refractivity (Wildman–Crippen MR) is 66.7 cm³/mol. The van der Waals surface area contributed by atoms with Crippen molar-refractivity contribution < 1.29 is 9.47 Å². The summed E-state index contributed by atoms with van der Waals surface area (Å²) < 4.78 is 10.7. The van der Waals surface area contributed by atoms with E-state index in [0.29, 0.717) is 24.7 Å². The van der Waals surface area contributed by atoms with Gasteiger partial charge in [-0.3, -0.25) is 0 Å². The van der Waals surface area contributed by atoms with E-state index in [4.69, 9.17) is 27.4 Å². The molecule has 1 rings (SSSR count). The van der Waals surface area contributed by atoms with Crippen molar-refractivity contribution in [1.29, 1.82) is 0 Å². The van der Waals surface area contributed by atoms with Crippen LogP contribution in [0.15, 0.2) is 18.3 Å². The Morgan fingerprint density at radius 1 is 1.44 bits per heavy atom. The molecule has 0 radical (unpaired) electrons. The molecule has 0 saturated heterocycles. The monoisotopic (exact) mass is 240 g/mol. The van der Waals surface area contributed by atoms with Crippen molar-refractivity contribution in [3.05, 3.63) is 23.9 Å². The second-order valence-corrected chi connectivity index (χ2v) is 3.62. The zero-order valence-electron chi connectivity index (χ0n) is 9.31. The minimum Gasteiger partial charge on any atom is -0.475 e. The normalized spacial score (nSPS) is 10.1. The van der Waals surface area contributed by atoms with E-state index in [2.05, 4.69) is 11.9 Å². The molecule has 0 aliphatic heterocycles. The quantitative estimate of drug-likeness (QED) is 0.578. The van der Waals surface area contributed by atoms with Crippen molar-refractivity contribution in [2.75, 3.05) is 19.8 Å². The summed E-state index contributed by atoms with van der Waals surface area (Å²) in [6.07, 6.45) is 2.64. The molecule has 0 saturated carbocycles. The second-order valence-electron chi connectivity index (χ2n) is 3.18. The standard InChI is InChI=1S/C11H16N2O2S/c1-2-6-14-7-8-15-11-9(10(12)16)4-3-5-13-11/h3-5H,2,6-8H2,1H3,(H2,12,16). The Balaban J connectivity index is 2.44. The highest BCUT2D eigenvalue weighted by Crippen LogP contribution is 2.13. The van der Waals surface area contributed by atoms with Crippen molar-refractivity contribution in [2.24, 2.45) is 5.73 Å². The van der Waals surface area contributed by atoms with E-state index >= 15 is 0 Å². The van der Waals surface area contributed by atoms with Gasteiger partial charge in [0.05, 0.1) is 12.2 Å². The lowest BCUT2D eigenvalue weighted by atomic mass is 10.3. The molecule has 0 aliphatic rings. The van der Waals surface area contributed by atoms with Crippen LogP contribution in [0.3, 0.4) is 0 Å². The summed E-state index contributed by atoms with van der Waals surface area (Å²) in [5.41, 5.74) is 6.21. The van der Waals surface area contributed by atoms with Crippen LogP contribution < -0.4 is 10.5 Å². The molecule has 0 bridgehead atoms. The van der Waals surface area contributed by atoms with Gasteiger partial charge in [-0.25, -0.2) is 4.98 Å². The van der Waals surface area contributed by atoms with E-state index < -0.39 is 0 Å². The van der Waals surface area contributed by atoms with E-state index in [1.807, 2.05) is 0 Å². The lowest BCUT2D eigenvalue weighted by molar-refractivity contribution is 0.0989.